The second-order valence-corrected chi connectivity index (χ2v) is 4.26. The summed E-state index contributed by atoms with van der Waals surface area (Å²) >= 11 is 3.37. The van der Waals surface area contributed by atoms with Gasteiger partial charge >= 0.3 is 0 Å². The van der Waals surface area contributed by atoms with Crippen LogP contribution in [0, 0.1) is 5.92 Å². The second-order valence-electron chi connectivity index (χ2n) is 3.34. The van der Waals surface area contributed by atoms with Crippen LogP contribution >= 0.6 is 15.9 Å². The minimum atomic E-state index is -0.432. The smallest absolute Gasteiger partial charge is 0.0887 e. The van der Waals surface area contributed by atoms with Crippen molar-refractivity contribution >= 4 is 15.9 Å². The van der Waals surface area contributed by atoms with Crippen LogP contribution in [-0.4, -0.2) is 5.11 Å². The Bertz CT molecular complexity index is 352. The summed E-state index contributed by atoms with van der Waals surface area (Å²) in [7, 11) is 0. The fourth-order valence-electron chi connectivity index (χ4n) is 1.54. The van der Waals surface area contributed by atoms with E-state index in [-0.39, 0.29) is 5.92 Å². The normalized spacial score (nSPS) is 17.6. The van der Waals surface area contributed by atoms with Crippen LogP contribution in [0.15, 0.2) is 53.0 Å². The highest BCUT2D eigenvalue weighted by molar-refractivity contribution is 9.10. The zero-order valence-electron chi connectivity index (χ0n) is 7.60. The summed E-state index contributed by atoms with van der Waals surface area (Å²) in [5, 5.41) is 9.99. The zero-order valence-corrected chi connectivity index (χ0v) is 9.18. The average Bonchev–Trinajstić information content (AvgIpc) is 2.71. The van der Waals surface area contributed by atoms with Gasteiger partial charge in [-0.3, -0.25) is 0 Å². The van der Waals surface area contributed by atoms with E-state index in [1.807, 2.05) is 48.6 Å². The Morgan fingerprint density at radius 1 is 1.07 bits per heavy atom. The maximum atomic E-state index is 9.99. The highest BCUT2D eigenvalue weighted by Gasteiger charge is 2.16. The number of rotatable bonds is 2. The van der Waals surface area contributed by atoms with Crippen molar-refractivity contribution < 1.29 is 5.11 Å². The van der Waals surface area contributed by atoms with Gasteiger partial charge in [-0.1, -0.05) is 52.4 Å². The maximum absolute atomic E-state index is 9.99. The largest absolute Gasteiger partial charge is 0.387 e. The third-order valence-electron chi connectivity index (χ3n) is 2.35. The first-order valence-electron chi connectivity index (χ1n) is 4.56. The molecule has 0 fully saturated rings. The maximum Gasteiger partial charge on any atom is 0.0887 e. The molecule has 0 heterocycles. The van der Waals surface area contributed by atoms with Crippen molar-refractivity contribution in [2.24, 2.45) is 5.92 Å². The third-order valence-corrected chi connectivity index (χ3v) is 2.88. The predicted octanol–water partition coefficient (Wildman–Crippen LogP) is 3.22. The Hall–Kier alpha value is -0.860. The minimum Gasteiger partial charge on any atom is -0.387 e. The molecule has 1 nitrogen and oxygen atoms in total. The lowest BCUT2D eigenvalue weighted by Crippen LogP contribution is -2.06. The van der Waals surface area contributed by atoms with Gasteiger partial charge in [0, 0.05) is 10.4 Å². The van der Waals surface area contributed by atoms with Crippen LogP contribution in [-0.2, 0) is 0 Å². The molecule has 0 bridgehead atoms. The molecule has 0 saturated heterocycles. The monoisotopic (exact) mass is 250 g/mol. The average molecular weight is 251 g/mol. The van der Waals surface area contributed by atoms with Crippen LogP contribution in [0.5, 0.6) is 0 Å². The van der Waals surface area contributed by atoms with Crippen LogP contribution in [0.2, 0.25) is 0 Å². The van der Waals surface area contributed by atoms with E-state index in [2.05, 4.69) is 15.9 Å². The van der Waals surface area contributed by atoms with Gasteiger partial charge in [-0.25, -0.2) is 0 Å². The molecule has 0 spiro atoms. The van der Waals surface area contributed by atoms with Gasteiger partial charge in [-0.05, 0) is 17.7 Å². The number of benzene rings is 1. The quantitative estimate of drug-likeness (QED) is 0.855. The van der Waals surface area contributed by atoms with Gasteiger partial charge in [0.05, 0.1) is 6.10 Å². The van der Waals surface area contributed by atoms with Gasteiger partial charge in [0.1, 0.15) is 0 Å². The molecule has 1 atom stereocenters. The van der Waals surface area contributed by atoms with Crippen molar-refractivity contribution in [3.8, 4) is 0 Å². The summed E-state index contributed by atoms with van der Waals surface area (Å²) in [5.74, 6) is 0.121. The topological polar surface area (TPSA) is 20.2 Å². The molecular formula is C12H11BrO. The first-order chi connectivity index (χ1) is 6.77. The first kappa shape index (κ1) is 9.69. The van der Waals surface area contributed by atoms with Crippen molar-refractivity contribution in [1.29, 1.82) is 0 Å². The Kier molecular flexibility index (Phi) is 2.85. The van der Waals surface area contributed by atoms with Crippen LogP contribution < -0.4 is 0 Å². The number of aliphatic hydroxyl groups excluding tert-OH is 1. The molecule has 2 heteroatoms. The van der Waals surface area contributed by atoms with E-state index in [0.29, 0.717) is 0 Å². The molecule has 1 N–H and O–H groups in total. The number of aliphatic hydroxyl groups is 1. The van der Waals surface area contributed by atoms with Crippen molar-refractivity contribution in [3.05, 3.63) is 58.6 Å². The molecule has 14 heavy (non-hydrogen) atoms. The molecule has 1 aliphatic rings. The number of halogens is 1. The summed E-state index contributed by atoms with van der Waals surface area (Å²) in [5.41, 5.74) is 0.953. The number of hydrogen-bond donors (Lipinski definition) is 1. The summed E-state index contributed by atoms with van der Waals surface area (Å²) in [6.07, 6.45) is 7.51. The molecule has 0 saturated carbocycles. The van der Waals surface area contributed by atoms with Crippen LogP contribution in [0.1, 0.15) is 11.7 Å². The second kappa shape index (κ2) is 4.11. The molecule has 72 valence electrons. The van der Waals surface area contributed by atoms with Crippen LogP contribution in [0.4, 0.5) is 0 Å². The van der Waals surface area contributed by atoms with Crippen LogP contribution in [0.25, 0.3) is 0 Å². The number of allylic oxidation sites excluding steroid dienone is 2. The zero-order chi connectivity index (χ0) is 9.97. The van der Waals surface area contributed by atoms with E-state index < -0.39 is 6.10 Å². The molecule has 1 aliphatic carbocycles. The van der Waals surface area contributed by atoms with Gasteiger partial charge in [0.2, 0.25) is 0 Å². The third kappa shape index (κ3) is 1.97. The van der Waals surface area contributed by atoms with Crippen LogP contribution in [0.3, 0.4) is 0 Å². The molecule has 0 unspecified atom stereocenters. The SMILES string of the molecule is O[C@H](c1ccc(Br)cc1)C1C=CC=C1. The summed E-state index contributed by atoms with van der Waals surface area (Å²) < 4.78 is 1.03. The summed E-state index contributed by atoms with van der Waals surface area (Å²) in [6.45, 7) is 0. The van der Waals surface area contributed by atoms with E-state index >= 15 is 0 Å². The van der Waals surface area contributed by atoms with Crippen molar-refractivity contribution in [3.63, 3.8) is 0 Å². The van der Waals surface area contributed by atoms with E-state index in [0.717, 1.165) is 10.0 Å². The fraction of sp³-hybridized carbons (Fsp3) is 0.167. The van der Waals surface area contributed by atoms with E-state index in [9.17, 15) is 5.11 Å². The first-order valence-corrected chi connectivity index (χ1v) is 5.35. The molecule has 0 aliphatic heterocycles. The Morgan fingerprint density at radius 3 is 2.21 bits per heavy atom. The minimum absolute atomic E-state index is 0.121. The molecule has 0 amide bonds. The summed E-state index contributed by atoms with van der Waals surface area (Å²) in [4.78, 5) is 0. The molecule has 0 aromatic heterocycles. The molecule has 1 aromatic rings. The molecule has 0 radical (unpaired) electrons. The Labute approximate surface area is 91.9 Å². The van der Waals surface area contributed by atoms with Gasteiger partial charge in [0.15, 0.2) is 0 Å². The van der Waals surface area contributed by atoms with Gasteiger partial charge in [-0.2, -0.15) is 0 Å². The van der Waals surface area contributed by atoms with E-state index in [1.54, 1.807) is 0 Å². The lowest BCUT2D eigenvalue weighted by molar-refractivity contribution is 0.152. The van der Waals surface area contributed by atoms with E-state index in [1.165, 1.54) is 0 Å². The predicted molar refractivity (Wildman–Crippen MR) is 60.9 cm³/mol. The Balaban J connectivity index is 2.18. The molecule has 2 rings (SSSR count). The van der Waals surface area contributed by atoms with Gasteiger partial charge in [-0.15, -0.1) is 0 Å². The fourth-order valence-corrected chi connectivity index (χ4v) is 1.81. The molecule has 1 aromatic carbocycles. The van der Waals surface area contributed by atoms with Gasteiger partial charge < -0.3 is 5.11 Å². The highest BCUT2D eigenvalue weighted by atomic mass is 79.9. The van der Waals surface area contributed by atoms with E-state index in [4.69, 9.17) is 0 Å². The highest BCUT2D eigenvalue weighted by Crippen LogP contribution is 2.27. The van der Waals surface area contributed by atoms with Crippen molar-refractivity contribution in [1.82, 2.24) is 0 Å². The standard InChI is InChI=1S/C12H11BrO/c13-11-7-5-10(6-8-11)12(14)9-3-1-2-4-9/h1-9,12,14H/t12-/m0/s1. The van der Waals surface area contributed by atoms with Gasteiger partial charge in [0.25, 0.3) is 0 Å². The molecular weight excluding hydrogens is 240 g/mol. The summed E-state index contributed by atoms with van der Waals surface area (Å²) in [6, 6.07) is 7.77. The van der Waals surface area contributed by atoms with Crippen molar-refractivity contribution in [2.45, 2.75) is 6.10 Å². The lowest BCUT2D eigenvalue weighted by Gasteiger charge is -2.15. The Morgan fingerprint density at radius 2 is 1.64 bits per heavy atom. The lowest BCUT2D eigenvalue weighted by atomic mass is 9.97. The van der Waals surface area contributed by atoms with Crippen molar-refractivity contribution in [2.75, 3.05) is 0 Å². The number of hydrogen-bond acceptors (Lipinski definition) is 1.